The number of allylic oxidation sites excluding steroid dienone is 1. The number of hydrogen-bond acceptors (Lipinski definition) is 3. The average molecular weight is 356 g/mol. The molecule has 1 fully saturated rings. The van der Waals surface area contributed by atoms with Crippen LogP contribution in [0, 0.1) is 5.92 Å². The van der Waals surface area contributed by atoms with E-state index in [4.69, 9.17) is 9.26 Å². The van der Waals surface area contributed by atoms with Crippen LogP contribution in [-0.2, 0) is 15.7 Å². The van der Waals surface area contributed by atoms with Gasteiger partial charge in [0.2, 0.25) is 7.37 Å². The largest absolute Gasteiger partial charge is 0.489 e. The molecule has 0 heterocycles. The van der Waals surface area contributed by atoms with Crippen LogP contribution in [0.25, 0.3) is 5.57 Å². The minimum atomic E-state index is -2.71. The van der Waals surface area contributed by atoms with Gasteiger partial charge in [0.25, 0.3) is 0 Å². The number of hydrogen-bond donors (Lipinski definition) is 0. The molecule has 0 amide bonds. The summed E-state index contributed by atoms with van der Waals surface area (Å²) in [7, 11) is -2.71. The highest BCUT2D eigenvalue weighted by Crippen LogP contribution is 2.52. The zero-order valence-electron chi connectivity index (χ0n) is 14.9. The molecule has 4 heteroatoms. The van der Waals surface area contributed by atoms with Gasteiger partial charge >= 0.3 is 0 Å². The van der Waals surface area contributed by atoms with Crippen LogP contribution in [0.2, 0.25) is 0 Å². The molecule has 1 unspecified atom stereocenters. The third-order valence-electron chi connectivity index (χ3n) is 4.19. The summed E-state index contributed by atoms with van der Waals surface area (Å²) in [5.74, 6) is 3.16. The summed E-state index contributed by atoms with van der Waals surface area (Å²) in [6, 6.07) is 18.2. The second kappa shape index (κ2) is 8.03. The molecule has 25 heavy (non-hydrogen) atoms. The van der Waals surface area contributed by atoms with Crippen molar-refractivity contribution in [1.82, 2.24) is 0 Å². The lowest BCUT2D eigenvalue weighted by Crippen LogP contribution is -1.96. The maximum absolute atomic E-state index is 12.6. The molecule has 0 radical (unpaired) electrons. The molecule has 1 aliphatic carbocycles. The first-order valence-corrected chi connectivity index (χ1v) is 10.9. The van der Waals surface area contributed by atoms with Gasteiger partial charge in [-0.25, -0.2) is 0 Å². The molecule has 2 aromatic rings. The first-order chi connectivity index (χ1) is 12.1. The van der Waals surface area contributed by atoms with E-state index in [2.05, 4.69) is 18.2 Å². The van der Waals surface area contributed by atoms with Crippen molar-refractivity contribution in [3.8, 4) is 5.75 Å². The van der Waals surface area contributed by atoms with E-state index in [0.717, 1.165) is 35.3 Å². The molecule has 2 aromatic carbocycles. The van der Waals surface area contributed by atoms with Gasteiger partial charge in [0.15, 0.2) is 0 Å². The average Bonchev–Trinajstić information content (AvgIpc) is 3.44. The molecule has 3 nitrogen and oxygen atoms in total. The normalized spacial score (nSPS) is 17.1. The first-order valence-electron chi connectivity index (χ1n) is 8.79. The SMILES string of the molecule is CCOP(C)(=O)/C=C(/c1cccc(OCc2ccccc2)c1)C1CC1. The minimum absolute atomic E-state index is 0.461. The van der Waals surface area contributed by atoms with Crippen LogP contribution < -0.4 is 4.74 Å². The summed E-state index contributed by atoms with van der Waals surface area (Å²) in [5, 5.41) is 0. The van der Waals surface area contributed by atoms with Gasteiger partial charge in [-0.05, 0) is 54.5 Å². The van der Waals surface area contributed by atoms with E-state index in [0.29, 0.717) is 19.1 Å². The summed E-state index contributed by atoms with van der Waals surface area (Å²) in [4.78, 5) is 0. The second-order valence-corrected chi connectivity index (χ2v) is 8.82. The third kappa shape index (κ3) is 5.32. The first kappa shape index (κ1) is 18.0. The van der Waals surface area contributed by atoms with Crippen molar-refractivity contribution < 1.29 is 13.8 Å². The molecular weight excluding hydrogens is 331 g/mol. The van der Waals surface area contributed by atoms with Crippen molar-refractivity contribution in [1.29, 1.82) is 0 Å². The van der Waals surface area contributed by atoms with Gasteiger partial charge in [0.05, 0.1) is 6.61 Å². The van der Waals surface area contributed by atoms with E-state index in [1.165, 1.54) is 0 Å². The molecular formula is C21H25O3P. The van der Waals surface area contributed by atoms with E-state index in [1.54, 1.807) is 6.66 Å². The summed E-state index contributed by atoms with van der Waals surface area (Å²) >= 11 is 0. The molecule has 0 bridgehead atoms. The maximum atomic E-state index is 12.6. The van der Waals surface area contributed by atoms with E-state index < -0.39 is 7.37 Å². The van der Waals surface area contributed by atoms with Gasteiger partial charge in [-0.3, -0.25) is 4.57 Å². The van der Waals surface area contributed by atoms with Crippen LogP contribution in [0.15, 0.2) is 60.4 Å². The van der Waals surface area contributed by atoms with Gasteiger partial charge in [-0.15, -0.1) is 0 Å². The minimum Gasteiger partial charge on any atom is -0.489 e. The summed E-state index contributed by atoms with van der Waals surface area (Å²) in [6.07, 6.45) is 2.29. The highest BCUT2D eigenvalue weighted by atomic mass is 31.2. The molecule has 132 valence electrons. The molecule has 1 saturated carbocycles. The predicted octanol–water partition coefficient (Wildman–Crippen LogP) is 5.96. The second-order valence-electron chi connectivity index (χ2n) is 6.49. The fraction of sp³-hybridized carbons (Fsp3) is 0.333. The number of ether oxygens (including phenoxy) is 1. The summed E-state index contributed by atoms with van der Waals surface area (Å²) < 4.78 is 24.0. The Morgan fingerprint density at radius 1 is 1.16 bits per heavy atom. The molecule has 3 rings (SSSR count). The highest BCUT2D eigenvalue weighted by Gasteiger charge is 2.29. The molecule has 1 atom stereocenters. The molecule has 0 aliphatic heterocycles. The van der Waals surface area contributed by atoms with Crippen molar-refractivity contribution in [2.75, 3.05) is 13.3 Å². The van der Waals surface area contributed by atoms with E-state index in [9.17, 15) is 4.57 Å². The van der Waals surface area contributed by atoms with E-state index in [1.807, 2.05) is 49.1 Å². The summed E-state index contributed by atoms with van der Waals surface area (Å²) in [6.45, 7) is 4.56. The Kier molecular flexibility index (Phi) is 5.78. The Labute approximate surface area is 150 Å². The van der Waals surface area contributed by atoms with Gasteiger partial charge in [-0.2, -0.15) is 0 Å². The molecule has 0 N–H and O–H groups in total. The fourth-order valence-corrected chi connectivity index (χ4v) is 4.31. The zero-order chi connectivity index (χ0) is 17.7. The molecule has 1 aliphatic rings. The third-order valence-corrected chi connectivity index (χ3v) is 5.71. The van der Waals surface area contributed by atoms with Crippen molar-refractivity contribution in [3.63, 3.8) is 0 Å². The van der Waals surface area contributed by atoms with Crippen molar-refractivity contribution in [2.45, 2.75) is 26.4 Å². The van der Waals surface area contributed by atoms with Crippen molar-refractivity contribution in [2.24, 2.45) is 5.92 Å². The van der Waals surface area contributed by atoms with Crippen LogP contribution in [0.4, 0.5) is 0 Å². The van der Waals surface area contributed by atoms with E-state index >= 15 is 0 Å². The number of rotatable bonds is 8. The fourth-order valence-electron chi connectivity index (χ4n) is 2.86. The lowest BCUT2D eigenvalue weighted by molar-refractivity contribution is 0.306. The Morgan fingerprint density at radius 2 is 1.92 bits per heavy atom. The number of benzene rings is 2. The summed E-state index contributed by atoms with van der Waals surface area (Å²) in [5.41, 5.74) is 3.35. The lowest BCUT2D eigenvalue weighted by atomic mass is 10.0. The maximum Gasteiger partial charge on any atom is 0.222 e. The van der Waals surface area contributed by atoms with Crippen molar-refractivity contribution >= 4 is 12.9 Å². The molecule has 0 spiro atoms. The van der Waals surface area contributed by atoms with Crippen LogP contribution >= 0.6 is 7.37 Å². The Morgan fingerprint density at radius 3 is 2.60 bits per heavy atom. The molecule has 0 saturated heterocycles. The quantitative estimate of drug-likeness (QED) is 0.547. The van der Waals surface area contributed by atoms with Crippen LogP contribution in [0.1, 0.15) is 30.9 Å². The van der Waals surface area contributed by atoms with Gasteiger partial charge in [0.1, 0.15) is 12.4 Å². The molecule has 0 aromatic heterocycles. The predicted molar refractivity (Wildman–Crippen MR) is 103 cm³/mol. The standard InChI is InChI=1S/C21H25O3P/c1-3-24-25(2,22)16-21(18-12-13-18)19-10-7-11-20(14-19)23-15-17-8-5-4-6-9-17/h4-11,14,16,18H,3,12-13,15H2,1-2H3/b21-16+. The highest BCUT2D eigenvalue weighted by molar-refractivity contribution is 7.61. The topological polar surface area (TPSA) is 35.5 Å². The van der Waals surface area contributed by atoms with E-state index in [-0.39, 0.29) is 0 Å². The smallest absolute Gasteiger partial charge is 0.222 e. The monoisotopic (exact) mass is 356 g/mol. The van der Waals surface area contributed by atoms with Crippen LogP contribution in [-0.4, -0.2) is 13.3 Å². The lowest BCUT2D eigenvalue weighted by Gasteiger charge is -2.14. The van der Waals surface area contributed by atoms with Crippen molar-refractivity contribution in [3.05, 3.63) is 71.5 Å². The Bertz CT molecular complexity index is 779. The van der Waals surface area contributed by atoms with Crippen LogP contribution in [0.3, 0.4) is 0 Å². The van der Waals surface area contributed by atoms with Crippen LogP contribution in [0.5, 0.6) is 5.75 Å². The zero-order valence-corrected chi connectivity index (χ0v) is 15.7. The van der Waals surface area contributed by atoms with Gasteiger partial charge in [-0.1, -0.05) is 42.5 Å². The Hall–Kier alpha value is -1.83. The van der Waals surface area contributed by atoms with Gasteiger partial charge in [0, 0.05) is 12.5 Å². The van der Waals surface area contributed by atoms with Gasteiger partial charge < -0.3 is 9.26 Å². The Balaban J connectivity index is 1.79.